The summed E-state index contributed by atoms with van der Waals surface area (Å²) in [6.07, 6.45) is 0. The van der Waals surface area contributed by atoms with Gasteiger partial charge in [0.1, 0.15) is 0 Å². The average molecular weight is 1330 g/mol. The van der Waals surface area contributed by atoms with Crippen molar-refractivity contribution in [2.45, 2.75) is 0 Å². The van der Waals surface area contributed by atoms with Gasteiger partial charge >= 0.3 is 348 Å². The molecule has 0 saturated carbocycles. The predicted octanol–water partition coefficient (Wildman–Crippen LogP) is 3.42. The Balaban J connectivity index is -0.0000000476. The molecule has 24 heavy (non-hydrogen) atoms. The van der Waals surface area contributed by atoms with Crippen LogP contribution in [0, 0.1) is 0 Å². The molecule has 24 heteroatoms. The molecule has 0 bridgehead atoms. The molecular formula is Cl18K3Os3-3. The summed E-state index contributed by atoms with van der Waals surface area (Å²) < 4.78 is 0. The van der Waals surface area contributed by atoms with E-state index in [4.69, 9.17) is 173 Å². The van der Waals surface area contributed by atoms with Crippen LogP contribution in [0.2, 0.25) is 0 Å². The van der Waals surface area contributed by atoms with Crippen molar-refractivity contribution in [1.82, 2.24) is 0 Å². The van der Waals surface area contributed by atoms with Crippen LogP contribution in [0.4, 0.5) is 0 Å². The zero-order chi connectivity index (χ0) is 19.2. The molecule has 156 valence electrons. The summed E-state index contributed by atoms with van der Waals surface area (Å²) in [5.74, 6) is 0. The fourth-order valence-corrected chi connectivity index (χ4v) is 0. The summed E-state index contributed by atoms with van der Waals surface area (Å²) in [6.45, 7) is -16.1. The molecule has 0 rings (SSSR count). The molecule has 0 unspecified atom stereocenters. The van der Waals surface area contributed by atoms with Gasteiger partial charge in [0, 0.05) is 0 Å². The van der Waals surface area contributed by atoms with E-state index in [1.165, 1.54) is 0 Å². The molecule has 0 aliphatic carbocycles. The Morgan fingerprint density at radius 3 is 0.208 bits per heavy atom. The molecule has 0 amide bonds. The minimum atomic E-state index is -5.38. The SMILES string of the molecule is [Cl][Os-2]([Cl])([Cl])([Cl])([Cl])[Cl].[Cl][Os-2]([Cl])([Cl])([Cl])([Cl])[Cl].[Cl][Os-2]([Cl])([Cl])([Cl])([Cl])[Cl].[K+].[K+].[K+]. The monoisotopic (exact) mass is 1320 g/mol. The number of halogens is 18. The molecule has 0 aromatic heterocycles. The smallest absolute Gasteiger partial charge is 1.00 e. The van der Waals surface area contributed by atoms with E-state index in [0.29, 0.717) is 0 Å². The van der Waals surface area contributed by atoms with E-state index in [1.807, 2.05) is 0 Å². The van der Waals surface area contributed by atoms with Crippen molar-refractivity contribution in [3.05, 3.63) is 0 Å². The van der Waals surface area contributed by atoms with E-state index in [1.54, 1.807) is 0 Å². The van der Waals surface area contributed by atoms with E-state index in [-0.39, 0.29) is 154 Å². The van der Waals surface area contributed by atoms with Crippen molar-refractivity contribution < 1.29 is 174 Å². The summed E-state index contributed by atoms with van der Waals surface area (Å²) in [7, 11) is 91.1. The van der Waals surface area contributed by atoms with Crippen LogP contribution >= 0.6 is 173 Å². The first-order valence-electron chi connectivity index (χ1n) is 2.41. The topological polar surface area (TPSA) is 0 Å². The minimum absolute atomic E-state index is 0. The van der Waals surface area contributed by atoms with Crippen LogP contribution in [-0.4, -0.2) is 0 Å². The number of rotatable bonds is 0. The van der Waals surface area contributed by atoms with Gasteiger partial charge < -0.3 is 0 Å². The molecule has 0 N–H and O–H groups in total. The van der Waals surface area contributed by atoms with E-state index in [0.717, 1.165) is 0 Å². The zero-order valence-electron chi connectivity index (χ0n) is 10.9. The first-order valence-corrected chi connectivity index (χ1v) is 59.1. The largest absolute Gasteiger partial charge is 1.00 e. The van der Waals surface area contributed by atoms with Crippen LogP contribution in [-0.2, 0) is 19.9 Å². The Hall–Kier alpha value is 12.0. The summed E-state index contributed by atoms with van der Waals surface area (Å²) in [6, 6.07) is 0. The maximum absolute atomic E-state index is 5.38. The second-order valence-electron chi connectivity index (χ2n) is 2.27. The normalized spacial score (nSPS) is 20.2. The van der Waals surface area contributed by atoms with Gasteiger partial charge in [0.05, 0.1) is 0 Å². The standard InChI is InChI=1S/18ClH.3K.3Os/h18*1H;;;;;;/q;;;;;;;;;;;;;;;;;;3*+1;3*+4/p-18. The van der Waals surface area contributed by atoms with Crippen LogP contribution in [0.3, 0.4) is 0 Å². The summed E-state index contributed by atoms with van der Waals surface area (Å²) >= 11 is 0. The third-order valence-corrected chi connectivity index (χ3v) is 0. The maximum Gasteiger partial charge on any atom is 1.00 e. The first kappa shape index (κ1) is 49.0. The molecule has 0 fully saturated rings. The van der Waals surface area contributed by atoms with E-state index in [9.17, 15) is 0 Å². The molecule has 0 saturated heterocycles. The van der Waals surface area contributed by atoms with Gasteiger partial charge in [-0.2, -0.15) is 0 Å². The third kappa shape index (κ3) is 256. The van der Waals surface area contributed by atoms with Crippen molar-refractivity contribution in [1.29, 1.82) is 0 Å². The Labute approximate surface area is 335 Å². The molecule has 0 aromatic rings. The van der Waals surface area contributed by atoms with Gasteiger partial charge in [-0.3, -0.25) is 0 Å². The summed E-state index contributed by atoms with van der Waals surface area (Å²) in [5, 5.41) is 0. The average Bonchev–Trinajstić information content (AvgIpc) is 1.19. The van der Waals surface area contributed by atoms with Crippen molar-refractivity contribution in [2.24, 2.45) is 0 Å². The third-order valence-electron chi connectivity index (χ3n) is 0. The van der Waals surface area contributed by atoms with Crippen molar-refractivity contribution in [2.75, 3.05) is 0 Å². The Kier molecular flexibility index (Phi) is 25.5. The summed E-state index contributed by atoms with van der Waals surface area (Å²) in [4.78, 5) is 0. The summed E-state index contributed by atoms with van der Waals surface area (Å²) in [5.41, 5.74) is 0. The van der Waals surface area contributed by atoms with Gasteiger partial charge in [-0.25, -0.2) is 0 Å². The van der Waals surface area contributed by atoms with Gasteiger partial charge in [0.2, 0.25) is 0 Å². The molecule has 0 heterocycles. The van der Waals surface area contributed by atoms with Crippen LogP contribution < -0.4 is 154 Å². The van der Waals surface area contributed by atoms with Crippen LogP contribution in [0.5, 0.6) is 0 Å². The maximum atomic E-state index is 5.06. The minimum Gasteiger partial charge on any atom is 1.00 e. The molecule has 0 atom stereocenters. The van der Waals surface area contributed by atoms with Gasteiger partial charge in [0.25, 0.3) is 0 Å². The van der Waals surface area contributed by atoms with Gasteiger partial charge in [-0.1, -0.05) is 0 Å². The fraction of sp³-hybridized carbons (Fsp3) is 0. The Morgan fingerprint density at radius 2 is 0.208 bits per heavy atom. The van der Waals surface area contributed by atoms with Crippen LogP contribution in [0.25, 0.3) is 0 Å². The van der Waals surface area contributed by atoms with E-state index >= 15 is 0 Å². The zero-order valence-corrected chi connectivity index (χ0v) is 41.5. The van der Waals surface area contributed by atoms with E-state index < -0.39 is 19.9 Å². The first-order chi connectivity index (χ1) is 7.35. The van der Waals surface area contributed by atoms with Gasteiger partial charge in [0.15, 0.2) is 0 Å². The Morgan fingerprint density at radius 1 is 0.208 bits per heavy atom. The molecular weight excluding hydrogens is 1330 g/mol. The molecule has 0 aliphatic heterocycles. The van der Waals surface area contributed by atoms with Gasteiger partial charge in [-0.05, 0) is 0 Å². The number of hydrogen-bond donors (Lipinski definition) is 0. The second kappa shape index (κ2) is 12.5. The fourth-order valence-electron chi connectivity index (χ4n) is 0. The van der Waals surface area contributed by atoms with Crippen molar-refractivity contribution in [3.8, 4) is 0 Å². The molecule has 0 aliphatic rings. The second-order valence-corrected chi connectivity index (χ2v) is 167. The predicted molar refractivity (Wildman–Crippen MR) is 105 cm³/mol. The molecule has 0 nitrogen and oxygen atoms in total. The van der Waals surface area contributed by atoms with Gasteiger partial charge in [-0.15, -0.1) is 0 Å². The van der Waals surface area contributed by atoms with Crippen molar-refractivity contribution in [3.63, 3.8) is 0 Å². The van der Waals surface area contributed by atoms with Crippen molar-refractivity contribution >= 4 is 173 Å². The van der Waals surface area contributed by atoms with Crippen LogP contribution in [0.15, 0.2) is 0 Å². The van der Waals surface area contributed by atoms with Crippen LogP contribution in [0.1, 0.15) is 0 Å². The quantitative estimate of drug-likeness (QED) is 0.327. The number of hydrogen-bond acceptors (Lipinski definition) is 0. The Bertz CT molecular complexity index is 273. The van der Waals surface area contributed by atoms with E-state index in [2.05, 4.69) is 0 Å². The molecule has 0 spiro atoms. The molecule has 0 radical (unpaired) electrons. The molecule has 0 aromatic carbocycles.